The second kappa shape index (κ2) is 12.0. The van der Waals surface area contributed by atoms with Crippen LogP contribution in [0.2, 0.25) is 0 Å². The van der Waals surface area contributed by atoms with E-state index in [1.807, 2.05) is 0 Å². The van der Waals surface area contributed by atoms with E-state index >= 15 is 0 Å². The van der Waals surface area contributed by atoms with E-state index < -0.39 is 17.4 Å². The van der Waals surface area contributed by atoms with E-state index in [4.69, 9.17) is 27.1 Å². The molecule has 1 aromatic rings. The number of carboxylic acid groups (broad SMARTS) is 1. The van der Waals surface area contributed by atoms with Gasteiger partial charge in [0.2, 0.25) is 0 Å². The van der Waals surface area contributed by atoms with Gasteiger partial charge in [0.1, 0.15) is 22.9 Å². The second-order valence-corrected chi connectivity index (χ2v) is 6.26. The van der Waals surface area contributed by atoms with Gasteiger partial charge in [-0.1, -0.05) is 0 Å². The van der Waals surface area contributed by atoms with Gasteiger partial charge in [0.15, 0.2) is 5.78 Å². The third-order valence-corrected chi connectivity index (χ3v) is 3.65. The number of carbonyl (C=O) groups is 3. The van der Waals surface area contributed by atoms with Crippen LogP contribution in [0.4, 0.5) is 0 Å². The zero-order valence-electron chi connectivity index (χ0n) is 15.5. The molecule has 0 heterocycles. The van der Waals surface area contributed by atoms with Crippen LogP contribution in [-0.2, 0) is 20.8 Å². The number of carbonyl (C=O) groups excluding carboxylic acids is 2. The maximum absolute atomic E-state index is 12.2. The Morgan fingerprint density at radius 3 is 2.22 bits per heavy atom. The van der Waals surface area contributed by atoms with Gasteiger partial charge in [0.05, 0.1) is 0 Å². The SMILES string of the molecule is CC(=O)O.NCCC(=O)CCCCC(N)(N)C(=O)Cc1cc(O)ccc1O. The van der Waals surface area contributed by atoms with Crippen molar-refractivity contribution in [2.45, 2.75) is 51.1 Å². The fourth-order valence-corrected chi connectivity index (χ4v) is 2.22. The highest BCUT2D eigenvalue weighted by atomic mass is 16.4. The van der Waals surface area contributed by atoms with Gasteiger partial charge in [-0.15, -0.1) is 0 Å². The van der Waals surface area contributed by atoms with Gasteiger partial charge in [-0.25, -0.2) is 0 Å². The van der Waals surface area contributed by atoms with Gasteiger partial charge in [-0.3, -0.25) is 14.4 Å². The summed E-state index contributed by atoms with van der Waals surface area (Å²) in [6.45, 7) is 1.42. The molecule has 0 saturated heterocycles. The maximum atomic E-state index is 12.2. The lowest BCUT2D eigenvalue weighted by molar-refractivity contribution is -0.134. The molecule has 152 valence electrons. The fourth-order valence-electron chi connectivity index (χ4n) is 2.22. The first-order chi connectivity index (χ1) is 12.5. The summed E-state index contributed by atoms with van der Waals surface area (Å²) in [5.74, 6) is -1.34. The number of unbranched alkanes of at least 4 members (excludes halogenated alkanes) is 1. The topological polar surface area (TPSA) is 190 Å². The highest BCUT2D eigenvalue weighted by Gasteiger charge is 2.29. The van der Waals surface area contributed by atoms with Crippen molar-refractivity contribution in [1.29, 1.82) is 0 Å². The molecular weight excluding hydrogens is 354 g/mol. The Hall–Kier alpha value is -2.49. The molecule has 9 heteroatoms. The van der Waals surface area contributed by atoms with E-state index in [0.29, 0.717) is 32.2 Å². The number of hydrogen-bond acceptors (Lipinski definition) is 8. The summed E-state index contributed by atoms with van der Waals surface area (Å²) in [6.07, 6.45) is 1.96. The molecule has 0 saturated carbocycles. The van der Waals surface area contributed by atoms with Crippen molar-refractivity contribution in [1.82, 2.24) is 0 Å². The molecular formula is C18H29N3O6. The Labute approximate surface area is 158 Å². The predicted molar refractivity (Wildman–Crippen MR) is 100 cm³/mol. The van der Waals surface area contributed by atoms with Crippen LogP contribution in [0.25, 0.3) is 0 Å². The van der Waals surface area contributed by atoms with Crippen LogP contribution in [-0.4, -0.2) is 45.1 Å². The number of ketones is 2. The Kier molecular flexibility index (Phi) is 10.9. The first-order valence-corrected chi connectivity index (χ1v) is 8.52. The molecule has 9 nitrogen and oxygen atoms in total. The zero-order chi connectivity index (χ0) is 21.0. The molecule has 0 aromatic heterocycles. The number of phenols is 2. The van der Waals surface area contributed by atoms with Crippen LogP contribution in [0.3, 0.4) is 0 Å². The van der Waals surface area contributed by atoms with E-state index in [-0.39, 0.29) is 35.7 Å². The number of aromatic hydroxyl groups is 2. The number of Topliss-reactive ketones (excluding diaryl/α,β-unsaturated/α-hetero) is 2. The van der Waals surface area contributed by atoms with Crippen LogP contribution in [0.1, 0.15) is 44.6 Å². The minimum atomic E-state index is -1.53. The summed E-state index contributed by atoms with van der Waals surface area (Å²) < 4.78 is 0. The van der Waals surface area contributed by atoms with Crippen molar-refractivity contribution < 1.29 is 29.7 Å². The summed E-state index contributed by atoms with van der Waals surface area (Å²) in [5.41, 5.74) is 15.7. The van der Waals surface area contributed by atoms with Crippen LogP contribution in [0.15, 0.2) is 18.2 Å². The van der Waals surface area contributed by atoms with E-state index in [9.17, 15) is 19.8 Å². The highest BCUT2D eigenvalue weighted by Crippen LogP contribution is 2.24. The van der Waals surface area contributed by atoms with E-state index in [1.54, 1.807) is 0 Å². The molecule has 9 N–H and O–H groups in total. The van der Waals surface area contributed by atoms with E-state index in [1.165, 1.54) is 18.2 Å². The van der Waals surface area contributed by atoms with E-state index in [0.717, 1.165) is 6.92 Å². The third kappa shape index (κ3) is 11.0. The van der Waals surface area contributed by atoms with Crippen LogP contribution < -0.4 is 17.2 Å². The molecule has 0 aliphatic carbocycles. The Bertz CT molecular complexity index is 642. The lowest BCUT2D eigenvalue weighted by Gasteiger charge is -2.23. The average Bonchev–Trinajstić information content (AvgIpc) is 2.54. The average molecular weight is 383 g/mol. The van der Waals surface area contributed by atoms with Crippen molar-refractivity contribution in [3.63, 3.8) is 0 Å². The molecule has 0 bridgehead atoms. The largest absolute Gasteiger partial charge is 0.508 e. The Morgan fingerprint density at radius 2 is 1.67 bits per heavy atom. The molecule has 27 heavy (non-hydrogen) atoms. The summed E-state index contributed by atoms with van der Waals surface area (Å²) in [7, 11) is 0. The number of nitrogens with two attached hydrogens (primary N) is 3. The lowest BCUT2D eigenvalue weighted by Crippen LogP contribution is -2.56. The summed E-state index contributed by atoms with van der Waals surface area (Å²) in [5, 5.41) is 26.5. The fraction of sp³-hybridized carbons (Fsp3) is 0.500. The zero-order valence-corrected chi connectivity index (χ0v) is 15.5. The second-order valence-electron chi connectivity index (χ2n) is 6.26. The predicted octanol–water partition coefficient (Wildman–Crippen LogP) is 0.392. The third-order valence-electron chi connectivity index (χ3n) is 3.65. The number of hydrogen-bond donors (Lipinski definition) is 6. The van der Waals surface area contributed by atoms with Gasteiger partial charge >= 0.3 is 0 Å². The summed E-state index contributed by atoms with van der Waals surface area (Å²) in [4.78, 5) is 32.6. The molecule has 0 atom stereocenters. The first-order valence-electron chi connectivity index (χ1n) is 8.52. The van der Waals surface area contributed by atoms with Crippen molar-refractivity contribution in [2.75, 3.05) is 6.54 Å². The quantitative estimate of drug-likeness (QED) is 0.188. The highest BCUT2D eigenvalue weighted by molar-refractivity contribution is 5.89. The number of carboxylic acids is 1. The number of aliphatic carboxylic acids is 1. The monoisotopic (exact) mass is 383 g/mol. The normalized spacial score (nSPS) is 10.7. The number of phenolic OH excluding ortho intramolecular Hbond substituents is 2. The minimum absolute atomic E-state index is 0.0522. The van der Waals surface area contributed by atoms with Gasteiger partial charge in [-0.05, 0) is 44.0 Å². The van der Waals surface area contributed by atoms with Crippen molar-refractivity contribution in [3.8, 4) is 11.5 Å². The molecule has 0 radical (unpaired) electrons. The molecule has 0 spiro atoms. The van der Waals surface area contributed by atoms with Crippen molar-refractivity contribution >= 4 is 17.5 Å². The van der Waals surface area contributed by atoms with Crippen LogP contribution in [0.5, 0.6) is 11.5 Å². The maximum Gasteiger partial charge on any atom is 0.300 e. The lowest BCUT2D eigenvalue weighted by atomic mass is 9.93. The summed E-state index contributed by atoms with van der Waals surface area (Å²) >= 11 is 0. The van der Waals surface area contributed by atoms with Gasteiger partial charge in [-0.2, -0.15) is 0 Å². The van der Waals surface area contributed by atoms with Gasteiger partial charge in [0, 0.05) is 31.7 Å². The van der Waals surface area contributed by atoms with Crippen LogP contribution >= 0.6 is 0 Å². The Balaban J connectivity index is 0.00000153. The standard InChI is InChI=1S/C16H25N3O4.C2H4O2/c17-8-6-12(20)3-1-2-7-16(18,19)15(23)10-11-9-13(21)4-5-14(11)22;1-2(3)4/h4-5,9,21-22H,1-3,6-8,10,17-19H2;1H3,(H,3,4). The van der Waals surface area contributed by atoms with Crippen molar-refractivity contribution in [2.24, 2.45) is 17.2 Å². The van der Waals surface area contributed by atoms with Crippen LogP contribution in [0, 0.1) is 0 Å². The van der Waals surface area contributed by atoms with E-state index in [2.05, 4.69) is 0 Å². The smallest absolute Gasteiger partial charge is 0.300 e. The summed E-state index contributed by atoms with van der Waals surface area (Å²) in [6, 6.07) is 3.92. The van der Waals surface area contributed by atoms with Gasteiger partial charge < -0.3 is 32.5 Å². The Morgan fingerprint density at radius 1 is 1.07 bits per heavy atom. The molecule has 0 amide bonds. The number of benzene rings is 1. The molecule has 0 aliphatic rings. The molecule has 0 aliphatic heterocycles. The van der Waals surface area contributed by atoms with Gasteiger partial charge in [0.25, 0.3) is 5.97 Å². The molecule has 1 aromatic carbocycles. The first kappa shape index (κ1) is 24.5. The number of rotatable bonds is 10. The molecule has 0 unspecified atom stereocenters. The van der Waals surface area contributed by atoms with Crippen molar-refractivity contribution in [3.05, 3.63) is 23.8 Å². The minimum Gasteiger partial charge on any atom is -0.508 e. The molecule has 0 fully saturated rings. The molecule has 1 rings (SSSR count).